The first-order chi connectivity index (χ1) is 13.6. The summed E-state index contributed by atoms with van der Waals surface area (Å²) < 4.78 is 5.93. The highest BCUT2D eigenvalue weighted by atomic mass is 16.5. The minimum atomic E-state index is 0.156. The number of carbonyl (C=O) groups is 2. The third-order valence-electron chi connectivity index (χ3n) is 5.68. The molecule has 28 heavy (non-hydrogen) atoms. The predicted octanol–water partition coefficient (Wildman–Crippen LogP) is 3.05. The quantitative estimate of drug-likeness (QED) is 0.801. The first-order valence-corrected chi connectivity index (χ1v) is 9.84. The van der Waals surface area contributed by atoms with Crippen LogP contribution in [0.4, 0.5) is 5.69 Å². The van der Waals surface area contributed by atoms with Crippen LogP contribution in [0, 0.1) is 0 Å². The minimum absolute atomic E-state index is 0.156. The van der Waals surface area contributed by atoms with Gasteiger partial charge < -0.3 is 14.5 Å². The molecule has 2 aliphatic heterocycles. The molecule has 0 aliphatic carbocycles. The fraction of sp³-hybridized carbons (Fsp3) is 0.409. The monoisotopic (exact) mass is 379 g/mol. The summed E-state index contributed by atoms with van der Waals surface area (Å²) in [5.74, 6) is 1.05. The maximum atomic E-state index is 11.9. The molecule has 3 heterocycles. The topological polar surface area (TPSA) is 62.7 Å². The normalized spacial score (nSPS) is 18.5. The van der Waals surface area contributed by atoms with E-state index in [9.17, 15) is 9.59 Å². The van der Waals surface area contributed by atoms with Gasteiger partial charge in [-0.05, 0) is 42.2 Å². The van der Waals surface area contributed by atoms with Crippen molar-refractivity contribution in [3.8, 4) is 16.9 Å². The van der Waals surface area contributed by atoms with Crippen LogP contribution in [0.2, 0.25) is 0 Å². The molecule has 1 saturated heterocycles. The fourth-order valence-corrected chi connectivity index (χ4v) is 3.83. The van der Waals surface area contributed by atoms with Crippen LogP contribution in [0.25, 0.3) is 11.1 Å². The predicted molar refractivity (Wildman–Crippen MR) is 107 cm³/mol. The van der Waals surface area contributed by atoms with Gasteiger partial charge in [0.15, 0.2) is 0 Å². The van der Waals surface area contributed by atoms with Gasteiger partial charge in [0.05, 0.1) is 12.2 Å². The second-order valence-electron chi connectivity index (χ2n) is 7.40. The van der Waals surface area contributed by atoms with Crippen LogP contribution in [0.1, 0.15) is 31.7 Å². The van der Waals surface area contributed by atoms with Crippen molar-refractivity contribution < 1.29 is 14.3 Å². The zero-order chi connectivity index (χ0) is 19.7. The number of benzene rings is 1. The van der Waals surface area contributed by atoms with Crippen molar-refractivity contribution in [2.75, 3.05) is 25.1 Å². The average Bonchev–Trinajstić information content (AvgIpc) is 2.70. The summed E-state index contributed by atoms with van der Waals surface area (Å²) in [5.41, 5.74) is 4.20. The van der Waals surface area contributed by atoms with E-state index in [1.807, 2.05) is 43.3 Å². The Bertz CT molecular complexity index is 912. The number of fused-ring (bicyclic) bond motifs is 1. The lowest BCUT2D eigenvalue weighted by atomic mass is 9.97. The van der Waals surface area contributed by atoms with Gasteiger partial charge >= 0.3 is 0 Å². The maximum absolute atomic E-state index is 11.9. The molecule has 2 amide bonds. The summed E-state index contributed by atoms with van der Waals surface area (Å²) in [7, 11) is 1.82. The summed E-state index contributed by atoms with van der Waals surface area (Å²) in [5, 5.41) is 0. The van der Waals surface area contributed by atoms with Gasteiger partial charge in [-0.1, -0.05) is 13.0 Å². The molecule has 4 rings (SSSR count). The number of pyridine rings is 1. The smallest absolute Gasteiger partial charge is 0.227 e. The van der Waals surface area contributed by atoms with E-state index in [0.717, 1.165) is 36.2 Å². The number of ether oxygens (including phenoxy) is 1. The second-order valence-corrected chi connectivity index (χ2v) is 7.40. The zero-order valence-corrected chi connectivity index (χ0v) is 16.4. The number of carbonyl (C=O) groups excluding carboxylic acids is 2. The Morgan fingerprint density at radius 2 is 2.07 bits per heavy atom. The molecular weight excluding hydrogens is 354 g/mol. The molecule has 2 aliphatic rings. The van der Waals surface area contributed by atoms with Gasteiger partial charge in [0.1, 0.15) is 12.4 Å². The molecule has 0 spiro atoms. The van der Waals surface area contributed by atoms with Gasteiger partial charge in [-0.25, -0.2) is 0 Å². The Balaban J connectivity index is 1.47. The summed E-state index contributed by atoms with van der Waals surface area (Å²) in [6.45, 7) is 3.21. The van der Waals surface area contributed by atoms with Crippen molar-refractivity contribution in [1.82, 2.24) is 9.88 Å². The fourth-order valence-electron chi connectivity index (χ4n) is 3.83. The third kappa shape index (κ3) is 3.46. The molecule has 146 valence electrons. The minimum Gasteiger partial charge on any atom is -0.490 e. The van der Waals surface area contributed by atoms with Crippen LogP contribution in [0.5, 0.6) is 5.75 Å². The van der Waals surface area contributed by atoms with Gasteiger partial charge in [0, 0.05) is 43.9 Å². The number of aromatic nitrogens is 1. The number of anilines is 1. The van der Waals surface area contributed by atoms with Gasteiger partial charge in [-0.15, -0.1) is 0 Å². The number of rotatable bonds is 5. The molecule has 6 heteroatoms. The average molecular weight is 379 g/mol. The lowest BCUT2D eigenvalue weighted by Gasteiger charge is -2.40. The van der Waals surface area contributed by atoms with Crippen LogP contribution >= 0.6 is 0 Å². The molecule has 6 nitrogen and oxygen atoms in total. The lowest BCUT2D eigenvalue weighted by molar-refractivity contribution is -0.139. The molecule has 1 atom stereocenters. The van der Waals surface area contributed by atoms with Gasteiger partial charge in [0.25, 0.3) is 0 Å². The second kappa shape index (κ2) is 7.62. The Morgan fingerprint density at radius 3 is 2.82 bits per heavy atom. The van der Waals surface area contributed by atoms with Crippen LogP contribution in [0.3, 0.4) is 0 Å². The molecule has 0 unspecified atom stereocenters. The molecule has 2 aromatic rings. The molecule has 1 aromatic carbocycles. The van der Waals surface area contributed by atoms with Gasteiger partial charge in [-0.3, -0.25) is 14.6 Å². The van der Waals surface area contributed by atoms with Crippen molar-refractivity contribution in [2.24, 2.45) is 0 Å². The number of amides is 2. The SMILES string of the molecule is CCC(=O)N1CC[C@H]1COc1cncc(-c2ccc3c(c2)CCC(=O)N3C)c1. The van der Waals surface area contributed by atoms with Crippen LogP contribution in [-0.2, 0) is 16.0 Å². The number of aryl methyl sites for hydroxylation is 1. The van der Waals surface area contributed by atoms with E-state index in [2.05, 4.69) is 11.1 Å². The van der Waals surface area contributed by atoms with Crippen LogP contribution in [-0.4, -0.2) is 47.9 Å². The van der Waals surface area contributed by atoms with Crippen molar-refractivity contribution in [3.63, 3.8) is 0 Å². The lowest BCUT2D eigenvalue weighted by Crippen LogP contribution is -2.53. The number of likely N-dealkylation sites (tertiary alicyclic amines) is 1. The summed E-state index contributed by atoms with van der Waals surface area (Å²) in [6, 6.07) is 8.29. The van der Waals surface area contributed by atoms with Crippen molar-refractivity contribution in [2.45, 2.75) is 38.6 Å². The van der Waals surface area contributed by atoms with Crippen molar-refractivity contribution >= 4 is 17.5 Å². The number of hydrogen-bond donors (Lipinski definition) is 0. The maximum Gasteiger partial charge on any atom is 0.227 e. The van der Waals surface area contributed by atoms with E-state index >= 15 is 0 Å². The van der Waals surface area contributed by atoms with E-state index < -0.39 is 0 Å². The van der Waals surface area contributed by atoms with E-state index in [-0.39, 0.29) is 17.9 Å². The molecular formula is C22H25N3O3. The molecule has 0 bridgehead atoms. The standard InChI is InChI=1S/C22H25N3O3/c1-3-21(26)25-9-8-18(25)14-28-19-11-17(12-23-13-19)15-4-6-20-16(10-15)5-7-22(27)24(20)2/h4,6,10-13,18H,3,5,7-9,14H2,1-2H3/t18-/m0/s1. The van der Waals surface area contributed by atoms with Gasteiger partial charge in [-0.2, -0.15) is 0 Å². The number of hydrogen-bond acceptors (Lipinski definition) is 4. The Hall–Kier alpha value is -2.89. The van der Waals surface area contributed by atoms with Crippen molar-refractivity contribution in [1.29, 1.82) is 0 Å². The van der Waals surface area contributed by atoms with Gasteiger partial charge in [0.2, 0.25) is 11.8 Å². The Labute approximate surface area is 165 Å². The molecule has 0 radical (unpaired) electrons. The largest absolute Gasteiger partial charge is 0.490 e. The molecule has 1 aromatic heterocycles. The van der Waals surface area contributed by atoms with E-state index in [0.29, 0.717) is 25.2 Å². The van der Waals surface area contributed by atoms with Crippen molar-refractivity contribution in [3.05, 3.63) is 42.2 Å². The van der Waals surface area contributed by atoms with E-state index in [4.69, 9.17) is 4.74 Å². The highest BCUT2D eigenvalue weighted by Gasteiger charge is 2.31. The molecule has 1 fully saturated rings. The molecule has 0 N–H and O–H groups in total. The summed E-state index contributed by atoms with van der Waals surface area (Å²) >= 11 is 0. The first kappa shape index (κ1) is 18.5. The van der Waals surface area contributed by atoms with E-state index in [1.54, 1.807) is 11.1 Å². The van der Waals surface area contributed by atoms with Crippen LogP contribution in [0.15, 0.2) is 36.7 Å². The zero-order valence-electron chi connectivity index (χ0n) is 16.4. The summed E-state index contributed by atoms with van der Waals surface area (Å²) in [4.78, 5) is 31.7. The third-order valence-corrected chi connectivity index (χ3v) is 5.68. The highest BCUT2D eigenvalue weighted by Crippen LogP contribution is 2.32. The Morgan fingerprint density at radius 1 is 1.21 bits per heavy atom. The number of nitrogens with zero attached hydrogens (tertiary/aromatic N) is 3. The first-order valence-electron chi connectivity index (χ1n) is 9.84. The van der Waals surface area contributed by atoms with Crippen LogP contribution < -0.4 is 9.64 Å². The highest BCUT2D eigenvalue weighted by molar-refractivity contribution is 5.96. The Kier molecular flexibility index (Phi) is 5.03. The van der Waals surface area contributed by atoms with E-state index in [1.165, 1.54) is 5.56 Å². The summed E-state index contributed by atoms with van der Waals surface area (Å²) in [6.07, 6.45) is 6.35. The molecule has 0 saturated carbocycles.